The van der Waals surface area contributed by atoms with Gasteiger partial charge in [0.25, 0.3) is 0 Å². The van der Waals surface area contributed by atoms with Crippen molar-refractivity contribution in [3.8, 4) is 0 Å². The number of carbonyl (C=O) groups excluding carboxylic acids is 1. The van der Waals surface area contributed by atoms with Crippen molar-refractivity contribution in [1.82, 2.24) is 0 Å². The first-order chi connectivity index (χ1) is 7.35. The number of ether oxygens (including phenoxy) is 1. The molecule has 0 atom stereocenters. The predicted octanol–water partition coefficient (Wildman–Crippen LogP) is 1.68. The molecule has 0 bridgehead atoms. The van der Waals surface area contributed by atoms with Gasteiger partial charge in [-0.05, 0) is 12.1 Å². The van der Waals surface area contributed by atoms with Gasteiger partial charge >= 0.3 is 5.97 Å². The van der Waals surface area contributed by atoms with Gasteiger partial charge in [-0.1, -0.05) is 6.07 Å². The Hall–Kier alpha value is -1.14. The molecule has 1 rings (SSSR count). The second kappa shape index (κ2) is 4.80. The summed E-state index contributed by atoms with van der Waals surface area (Å²) in [5.41, 5.74) is -0.434. The quantitative estimate of drug-likeness (QED) is 0.617. The normalized spacial score (nSPS) is 11.2. The molecule has 16 heavy (non-hydrogen) atoms. The summed E-state index contributed by atoms with van der Waals surface area (Å²) in [4.78, 5) is 11.2. The molecule has 1 aromatic rings. The van der Waals surface area contributed by atoms with Crippen molar-refractivity contribution < 1.29 is 22.3 Å². The summed E-state index contributed by atoms with van der Waals surface area (Å²) in [6.07, 6.45) is 0. The highest BCUT2D eigenvalue weighted by molar-refractivity contribution is 8.13. The lowest BCUT2D eigenvalue weighted by Gasteiger charge is -2.06. The molecular weight excluding hydrogens is 259 g/mol. The van der Waals surface area contributed by atoms with Crippen molar-refractivity contribution in [3.63, 3.8) is 0 Å². The van der Waals surface area contributed by atoms with E-state index in [2.05, 4.69) is 4.74 Å². The first-order valence-corrected chi connectivity index (χ1v) is 6.61. The Labute approximate surface area is 96.4 Å². The molecule has 0 amide bonds. The molecular formula is C9H8ClFO4S. The van der Waals surface area contributed by atoms with E-state index in [0.717, 1.165) is 13.2 Å². The van der Waals surface area contributed by atoms with Crippen molar-refractivity contribution in [2.75, 3.05) is 7.11 Å². The number of hydrogen-bond donors (Lipinski definition) is 0. The summed E-state index contributed by atoms with van der Waals surface area (Å²) in [6, 6.07) is 3.60. The number of halogens is 2. The van der Waals surface area contributed by atoms with Gasteiger partial charge in [0, 0.05) is 16.2 Å². The Balaban J connectivity index is 3.29. The third kappa shape index (κ3) is 3.18. The minimum atomic E-state index is -3.94. The first-order valence-electron chi connectivity index (χ1n) is 4.13. The topological polar surface area (TPSA) is 60.4 Å². The molecule has 0 aliphatic carbocycles. The SMILES string of the molecule is COC(=O)c1cccc(F)c1CS(=O)(=O)Cl. The van der Waals surface area contributed by atoms with Crippen molar-refractivity contribution in [2.45, 2.75) is 5.75 Å². The lowest BCUT2D eigenvalue weighted by molar-refractivity contribution is 0.0599. The molecule has 1 aromatic carbocycles. The molecule has 0 aliphatic heterocycles. The molecule has 0 heterocycles. The van der Waals surface area contributed by atoms with Gasteiger partial charge in [-0.2, -0.15) is 0 Å². The van der Waals surface area contributed by atoms with Crippen molar-refractivity contribution in [2.24, 2.45) is 0 Å². The number of carbonyl (C=O) groups is 1. The maximum Gasteiger partial charge on any atom is 0.338 e. The summed E-state index contributed by atoms with van der Waals surface area (Å²) in [5.74, 6) is -2.38. The first kappa shape index (κ1) is 12.9. The second-order valence-electron chi connectivity index (χ2n) is 2.94. The minimum Gasteiger partial charge on any atom is -0.465 e. The Kier molecular flexibility index (Phi) is 3.88. The maximum absolute atomic E-state index is 13.3. The Morgan fingerprint density at radius 3 is 2.62 bits per heavy atom. The molecule has 0 N–H and O–H groups in total. The molecule has 0 spiro atoms. The minimum absolute atomic E-state index is 0.147. The van der Waals surface area contributed by atoms with E-state index in [1.165, 1.54) is 12.1 Å². The van der Waals surface area contributed by atoms with Crippen LogP contribution in [0.5, 0.6) is 0 Å². The van der Waals surface area contributed by atoms with E-state index in [9.17, 15) is 17.6 Å². The van der Waals surface area contributed by atoms with Gasteiger partial charge in [-0.15, -0.1) is 0 Å². The van der Waals surface area contributed by atoms with Gasteiger partial charge < -0.3 is 4.74 Å². The third-order valence-corrected chi connectivity index (χ3v) is 2.80. The van der Waals surface area contributed by atoms with E-state index >= 15 is 0 Å². The van der Waals surface area contributed by atoms with Gasteiger partial charge in [-0.25, -0.2) is 17.6 Å². The molecule has 0 unspecified atom stereocenters. The summed E-state index contributed by atoms with van der Waals surface area (Å²) in [7, 11) is 2.19. The average Bonchev–Trinajstić information content (AvgIpc) is 2.18. The van der Waals surface area contributed by atoms with Gasteiger partial charge in [-0.3, -0.25) is 0 Å². The monoisotopic (exact) mass is 266 g/mol. The van der Waals surface area contributed by atoms with Gasteiger partial charge in [0.15, 0.2) is 0 Å². The van der Waals surface area contributed by atoms with Crippen LogP contribution in [0.3, 0.4) is 0 Å². The van der Waals surface area contributed by atoms with Gasteiger partial charge in [0.2, 0.25) is 9.05 Å². The van der Waals surface area contributed by atoms with Gasteiger partial charge in [0.1, 0.15) is 5.82 Å². The highest BCUT2D eigenvalue weighted by Crippen LogP contribution is 2.19. The van der Waals surface area contributed by atoms with Crippen molar-refractivity contribution in [3.05, 3.63) is 35.1 Å². The summed E-state index contributed by atoms with van der Waals surface area (Å²) in [6.45, 7) is 0. The number of benzene rings is 1. The second-order valence-corrected chi connectivity index (χ2v) is 5.72. The largest absolute Gasteiger partial charge is 0.465 e. The van der Waals surface area contributed by atoms with E-state index in [1.54, 1.807) is 0 Å². The van der Waals surface area contributed by atoms with Crippen LogP contribution in [0.15, 0.2) is 18.2 Å². The van der Waals surface area contributed by atoms with Crippen LogP contribution in [0, 0.1) is 5.82 Å². The van der Waals surface area contributed by atoms with Crippen LogP contribution in [0.2, 0.25) is 0 Å². The zero-order chi connectivity index (χ0) is 12.3. The molecule has 0 fully saturated rings. The van der Waals surface area contributed by atoms with E-state index < -0.39 is 26.6 Å². The van der Waals surface area contributed by atoms with Crippen LogP contribution in [-0.4, -0.2) is 21.5 Å². The fourth-order valence-corrected chi connectivity index (χ4v) is 2.14. The summed E-state index contributed by atoms with van der Waals surface area (Å²) in [5, 5.41) is 0. The standard InChI is InChI=1S/C9H8ClFO4S/c1-15-9(12)6-3-2-4-8(11)7(6)5-16(10,13)14/h2-4H,5H2,1H3. The molecule has 88 valence electrons. The predicted molar refractivity (Wildman–Crippen MR) is 56.2 cm³/mol. The molecule has 4 nitrogen and oxygen atoms in total. The Bertz CT molecular complexity index is 512. The fourth-order valence-electron chi connectivity index (χ4n) is 1.18. The highest BCUT2D eigenvalue weighted by Gasteiger charge is 2.20. The van der Waals surface area contributed by atoms with Crippen LogP contribution < -0.4 is 0 Å². The zero-order valence-electron chi connectivity index (χ0n) is 8.24. The van der Waals surface area contributed by atoms with E-state index in [-0.39, 0.29) is 11.1 Å². The van der Waals surface area contributed by atoms with Crippen LogP contribution >= 0.6 is 10.7 Å². The molecule has 7 heteroatoms. The molecule has 0 aliphatic rings. The maximum atomic E-state index is 13.3. The van der Waals surface area contributed by atoms with E-state index in [4.69, 9.17) is 10.7 Å². The van der Waals surface area contributed by atoms with Crippen LogP contribution in [0.25, 0.3) is 0 Å². The summed E-state index contributed by atoms with van der Waals surface area (Å²) < 4.78 is 39.5. The summed E-state index contributed by atoms with van der Waals surface area (Å²) >= 11 is 0. The van der Waals surface area contributed by atoms with E-state index in [1.807, 2.05) is 0 Å². The number of hydrogen-bond acceptors (Lipinski definition) is 4. The fraction of sp³-hybridized carbons (Fsp3) is 0.222. The number of methoxy groups -OCH3 is 1. The molecule has 0 saturated heterocycles. The number of esters is 1. The van der Waals surface area contributed by atoms with Gasteiger partial charge in [0.05, 0.1) is 18.4 Å². The molecule has 0 radical (unpaired) electrons. The third-order valence-electron chi connectivity index (χ3n) is 1.84. The van der Waals surface area contributed by atoms with Crippen molar-refractivity contribution >= 4 is 25.7 Å². The van der Waals surface area contributed by atoms with E-state index in [0.29, 0.717) is 0 Å². The molecule has 0 aromatic heterocycles. The highest BCUT2D eigenvalue weighted by atomic mass is 35.7. The average molecular weight is 267 g/mol. The van der Waals surface area contributed by atoms with Crippen LogP contribution in [-0.2, 0) is 19.5 Å². The number of rotatable bonds is 3. The lowest BCUT2D eigenvalue weighted by atomic mass is 10.1. The smallest absolute Gasteiger partial charge is 0.338 e. The molecule has 0 saturated carbocycles. The van der Waals surface area contributed by atoms with Crippen molar-refractivity contribution in [1.29, 1.82) is 0 Å². The zero-order valence-corrected chi connectivity index (χ0v) is 9.81. The van der Waals surface area contributed by atoms with Crippen LogP contribution in [0.4, 0.5) is 4.39 Å². The Morgan fingerprint density at radius 1 is 1.50 bits per heavy atom. The lowest BCUT2D eigenvalue weighted by Crippen LogP contribution is -2.10. The van der Waals surface area contributed by atoms with Crippen LogP contribution in [0.1, 0.15) is 15.9 Å². The Morgan fingerprint density at radius 2 is 2.12 bits per heavy atom.